The zero-order chi connectivity index (χ0) is 16.4. The van der Waals surface area contributed by atoms with Crippen LogP contribution >= 0.6 is 0 Å². The smallest absolute Gasteiger partial charge is 0.226 e. The number of anilines is 1. The van der Waals surface area contributed by atoms with Gasteiger partial charge in [-0.15, -0.1) is 0 Å². The number of aromatic nitrogens is 2. The molecule has 0 bridgehead atoms. The summed E-state index contributed by atoms with van der Waals surface area (Å²) < 4.78 is 0. The Bertz CT molecular complexity index is 846. The van der Waals surface area contributed by atoms with Crippen LogP contribution in [0.2, 0.25) is 0 Å². The van der Waals surface area contributed by atoms with Gasteiger partial charge in [-0.3, -0.25) is 0 Å². The highest BCUT2D eigenvalue weighted by atomic mass is 15.3. The van der Waals surface area contributed by atoms with Gasteiger partial charge in [0.15, 0.2) is 0 Å². The van der Waals surface area contributed by atoms with Crippen molar-refractivity contribution in [2.45, 2.75) is 25.3 Å². The fourth-order valence-corrected chi connectivity index (χ4v) is 3.59. The van der Waals surface area contributed by atoms with Gasteiger partial charge in [0.1, 0.15) is 0 Å². The molecule has 4 rings (SSSR count). The molecular weight excluding hydrogens is 296 g/mol. The molecule has 0 amide bonds. The lowest BCUT2D eigenvalue weighted by Gasteiger charge is -2.24. The van der Waals surface area contributed by atoms with Gasteiger partial charge in [0, 0.05) is 24.3 Å². The Labute approximate surface area is 142 Å². The van der Waals surface area contributed by atoms with Crippen LogP contribution in [0.5, 0.6) is 0 Å². The van der Waals surface area contributed by atoms with E-state index in [2.05, 4.69) is 52.3 Å². The maximum Gasteiger partial charge on any atom is 0.226 e. The molecule has 2 N–H and O–H groups in total. The van der Waals surface area contributed by atoms with Gasteiger partial charge in [0.2, 0.25) is 5.95 Å². The van der Waals surface area contributed by atoms with Gasteiger partial charge >= 0.3 is 0 Å². The first-order valence-corrected chi connectivity index (χ1v) is 8.64. The van der Waals surface area contributed by atoms with E-state index in [4.69, 9.17) is 10.7 Å². The lowest BCUT2D eigenvalue weighted by Crippen LogP contribution is -2.32. The molecule has 4 heteroatoms. The Morgan fingerprint density at radius 1 is 1.08 bits per heavy atom. The Hall–Kier alpha value is -2.46. The molecule has 4 nitrogen and oxygen atoms in total. The molecule has 1 aliphatic heterocycles. The molecule has 24 heavy (non-hydrogen) atoms. The SMILES string of the molecule is NCC[C@H]1CCCN1c1nccc(-c2ccc3ccccc3c2)n1. The summed E-state index contributed by atoms with van der Waals surface area (Å²) >= 11 is 0. The molecule has 0 radical (unpaired) electrons. The van der Waals surface area contributed by atoms with E-state index in [1.807, 2.05) is 12.3 Å². The quantitative estimate of drug-likeness (QED) is 0.798. The van der Waals surface area contributed by atoms with Gasteiger partial charge in [-0.25, -0.2) is 9.97 Å². The van der Waals surface area contributed by atoms with Gasteiger partial charge < -0.3 is 10.6 Å². The third-order valence-electron chi connectivity index (χ3n) is 4.82. The minimum absolute atomic E-state index is 0.474. The second-order valence-corrected chi connectivity index (χ2v) is 6.37. The maximum atomic E-state index is 5.75. The third kappa shape index (κ3) is 2.85. The molecule has 0 aliphatic carbocycles. The van der Waals surface area contributed by atoms with Crippen LogP contribution in [0.1, 0.15) is 19.3 Å². The number of hydrogen-bond acceptors (Lipinski definition) is 4. The normalized spacial score (nSPS) is 17.5. The predicted octanol–water partition coefficient (Wildman–Crippen LogP) is 3.61. The van der Waals surface area contributed by atoms with Crippen LogP contribution in [0.3, 0.4) is 0 Å². The summed E-state index contributed by atoms with van der Waals surface area (Å²) in [5.41, 5.74) is 7.86. The Morgan fingerprint density at radius 3 is 2.83 bits per heavy atom. The predicted molar refractivity (Wildman–Crippen MR) is 99.0 cm³/mol. The molecule has 1 fully saturated rings. The molecule has 1 atom stereocenters. The van der Waals surface area contributed by atoms with Crippen LogP contribution < -0.4 is 10.6 Å². The highest BCUT2D eigenvalue weighted by Crippen LogP contribution is 2.27. The molecule has 1 aliphatic rings. The maximum absolute atomic E-state index is 5.75. The second-order valence-electron chi connectivity index (χ2n) is 6.37. The monoisotopic (exact) mass is 318 g/mol. The van der Waals surface area contributed by atoms with E-state index in [1.165, 1.54) is 23.6 Å². The van der Waals surface area contributed by atoms with E-state index < -0.39 is 0 Å². The van der Waals surface area contributed by atoms with Crippen LogP contribution in [-0.4, -0.2) is 29.1 Å². The minimum Gasteiger partial charge on any atom is -0.338 e. The lowest BCUT2D eigenvalue weighted by molar-refractivity contribution is 0.609. The Morgan fingerprint density at radius 2 is 1.96 bits per heavy atom. The fourth-order valence-electron chi connectivity index (χ4n) is 3.59. The third-order valence-corrected chi connectivity index (χ3v) is 4.82. The first kappa shape index (κ1) is 15.1. The van der Waals surface area contributed by atoms with Gasteiger partial charge in [0.05, 0.1) is 5.69 Å². The van der Waals surface area contributed by atoms with E-state index >= 15 is 0 Å². The van der Waals surface area contributed by atoms with E-state index in [0.29, 0.717) is 12.6 Å². The van der Waals surface area contributed by atoms with Crippen molar-refractivity contribution in [3.05, 3.63) is 54.7 Å². The largest absolute Gasteiger partial charge is 0.338 e. The molecule has 3 aromatic rings. The summed E-state index contributed by atoms with van der Waals surface area (Å²) in [6.45, 7) is 1.73. The van der Waals surface area contributed by atoms with Crippen LogP contribution in [0, 0.1) is 0 Å². The molecule has 0 unspecified atom stereocenters. The Balaban J connectivity index is 1.68. The molecular formula is C20H22N4. The van der Waals surface area contributed by atoms with Crippen LogP contribution in [0.25, 0.3) is 22.0 Å². The average molecular weight is 318 g/mol. The van der Waals surface area contributed by atoms with Crippen molar-refractivity contribution in [1.82, 2.24) is 9.97 Å². The number of rotatable bonds is 4. The summed E-state index contributed by atoms with van der Waals surface area (Å²) in [6.07, 6.45) is 5.24. The highest BCUT2D eigenvalue weighted by molar-refractivity contribution is 5.86. The van der Waals surface area contributed by atoms with Crippen molar-refractivity contribution in [3.8, 4) is 11.3 Å². The van der Waals surface area contributed by atoms with Crippen LogP contribution in [0.4, 0.5) is 5.95 Å². The molecule has 0 spiro atoms. The first-order valence-electron chi connectivity index (χ1n) is 8.64. The molecule has 2 heterocycles. The summed E-state index contributed by atoms with van der Waals surface area (Å²) in [6, 6.07) is 17.3. The van der Waals surface area contributed by atoms with Crippen molar-refractivity contribution in [3.63, 3.8) is 0 Å². The zero-order valence-electron chi connectivity index (χ0n) is 13.7. The second kappa shape index (κ2) is 6.57. The summed E-state index contributed by atoms with van der Waals surface area (Å²) in [5.74, 6) is 0.830. The summed E-state index contributed by atoms with van der Waals surface area (Å²) in [4.78, 5) is 11.7. The standard InChI is InChI=1S/C20H22N4/c21-11-9-18-6-3-13-24(18)20-22-12-10-19(23-20)17-8-7-15-4-1-2-5-16(15)14-17/h1-2,4-5,7-8,10,12,14,18H,3,6,9,11,13,21H2/t18-/m1/s1. The number of fused-ring (bicyclic) bond motifs is 1. The van der Waals surface area contributed by atoms with E-state index in [-0.39, 0.29) is 0 Å². The minimum atomic E-state index is 0.474. The summed E-state index contributed by atoms with van der Waals surface area (Å²) in [5, 5.41) is 2.48. The number of nitrogens with zero attached hydrogens (tertiary/aromatic N) is 3. The van der Waals surface area contributed by atoms with Crippen molar-refractivity contribution in [2.24, 2.45) is 5.73 Å². The summed E-state index contributed by atoms with van der Waals surface area (Å²) in [7, 11) is 0. The Kier molecular flexibility index (Phi) is 4.13. The number of benzene rings is 2. The van der Waals surface area contributed by atoms with E-state index in [1.54, 1.807) is 0 Å². The highest BCUT2D eigenvalue weighted by Gasteiger charge is 2.26. The molecule has 1 saturated heterocycles. The van der Waals surface area contributed by atoms with Gasteiger partial charge in [0.25, 0.3) is 0 Å². The van der Waals surface area contributed by atoms with Gasteiger partial charge in [-0.1, -0.05) is 36.4 Å². The average Bonchev–Trinajstić information content (AvgIpc) is 3.10. The van der Waals surface area contributed by atoms with Crippen molar-refractivity contribution in [1.29, 1.82) is 0 Å². The fraction of sp³-hybridized carbons (Fsp3) is 0.300. The number of hydrogen-bond donors (Lipinski definition) is 1. The topological polar surface area (TPSA) is 55.0 Å². The van der Waals surface area contributed by atoms with Crippen molar-refractivity contribution >= 4 is 16.7 Å². The van der Waals surface area contributed by atoms with E-state index in [9.17, 15) is 0 Å². The molecule has 0 saturated carbocycles. The van der Waals surface area contributed by atoms with Crippen molar-refractivity contribution < 1.29 is 0 Å². The lowest BCUT2D eigenvalue weighted by atomic mass is 10.1. The van der Waals surface area contributed by atoms with Crippen LogP contribution in [-0.2, 0) is 0 Å². The first-order chi connectivity index (χ1) is 11.8. The molecule has 2 aromatic carbocycles. The zero-order valence-corrected chi connectivity index (χ0v) is 13.7. The molecule has 1 aromatic heterocycles. The van der Waals surface area contributed by atoms with Gasteiger partial charge in [-0.05, 0) is 48.7 Å². The van der Waals surface area contributed by atoms with Gasteiger partial charge in [-0.2, -0.15) is 0 Å². The van der Waals surface area contributed by atoms with Crippen LogP contribution in [0.15, 0.2) is 54.7 Å². The molecule has 122 valence electrons. The van der Waals surface area contributed by atoms with E-state index in [0.717, 1.165) is 30.2 Å². The number of nitrogens with two attached hydrogens (primary N) is 1. The van der Waals surface area contributed by atoms with Crippen molar-refractivity contribution in [2.75, 3.05) is 18.0 Å².